The van der Waals surface area contributed by atoms with Gasteiger partial charge in [-0.25, -0.2) is 4.98 Å². The molecule has 0 bridgehead atoms. The molecule has 2 aromatic rings. The summed E-state index contributed by atoms with van der Waals surface area (Å²) in [5.41, 5.74) is 0.536. The lowest BCUT2D eigenvalue weighted by Crippen LogP contribution is -2.45. The highest BCUT2D eigenvalue weighted by molar-refractivity contribution is 5.78. The molecule has 9 heteroatoms. The van der Waals surface area contributed by atoms with Gasteiger partial charge >= 0.3 is 0 Å². The summed E-state index contributed by atoms with van der Waals surface area (Å²) in [4.78, 5) is 21.1. The number of amides is 1. The Balaban J connectivity index is 1.63. The zero-order valence-corrected chi connectivity index (χ0v) is 16.7. The summed E-state index contributed by atoms with van der Waals surface area (Å²) in [7, 11) is 0. The van der Waals surface area contributed by atoms with Gasteiger partial charge < -0.3 is 19.9 Å². The van der Waals surface area contributed by atoms with Crippen LogP contribution in [0.2, 0.25) is 0 Å². The molecule has 0 spiro atoms. The summed E-state index contributed by atoms with van der Waals surface area (Å²) in [6, 6.07) is 5.41. The number of carbonyl (C=O) groups excluding carboxylic acids is 1. The van der Waals surface area contributed by atoms with E-state index in [1.165, 1.54) is 0 Å². The van der Waals surface area contributed by atoms with Crippen molar-refractivity contribution in [3.63, 3.8) is 0 Å². The van der Waals surface area contributed by atoms with Crippen molar-refractivity contribution in [2.24, 2.45) is 5.92 Å². The molecule has 1 aliphatic rings. The maximum absolute atomic E-state index is 12.7. The average molecular weight is 398 g/mol. The molecule has 9 nitrogen and oxygen atoms in total. The van der Waals surface area contributed by atoms with Crippen molar-refractivity contribution in [3.05, 3.63) is 35.6 Å². The molecule has 2 heterocycles. The van der Waals surface area contributed by atoms with Gasteiger partial charge in [0.2, 0.25) is 11.8 Å². The van der Waals surface area contributed by atoms with Crippen molar-refractivity contribution in [1.82, 2.24) is 20.4 Å². The van der Waals surface area contributed by atoms with E-state index in [1.807, 2.05) is 0 Å². The molecular weight excluding hydrogens is 372 g/mol. The second-order valence-electron chi connectivity index (χ2n) is 7.16. The predicted octanol–water partition coefficient (Wildman–Crippen LogP) is 2.34. The Morgan fingerprint density at radius 1 is 1.45 bits per heavy atom. The third-order valence-electron chi connectivity index (χ3n) is 4.91. The molecule has 1 amide bonds. The summed E-state index contributed by atoms with van der Waals surface area (Å²) in [5, 5.41) is 19.2. The van der Waals surface area contributed by atoms with Gasteiger partial charge in [-0.3, -0.25) is 4.79 Å². The van der Waals surface area contributed by atoms with E-state index in [1.54, 1.807) is 25.3 Å². The van der Waals surface area contributed by atoms with E-state index < -0.39 is 0 Å². The first-order valence-corrected chi connectivity index (χ1v) is 9.90. The van der Waals surface area contributed by atoms with E-state index in [4.69, 9.17) is 14.5 Å². The number of carbonyl (C=O) groups is 1. The van der Waals surface area contributed by atoms with Crippen molar-refractivity contribution in [2.45, 2.75) is 58.2 Å². The van der Waals surface area contributed by atoms with E-state index >= 15 is 0 Å². The highest BCUT2D eigenvalue weighted by atomic mass is 16.5. The van der Waals surface area contributed by atoms with Gasteiger partial charge in [0.15, 0.2) is 5.82 Å². The van der Waals surface area contributed by atoms with E-state index in [0.717, 1.165) is 19.3 Å². The van der Waals surface area contributed by atoms with Crippen molar-refractivity contribution < 1.29 is 14.1 Å². The topological polar surface area (TPSA) is 126 Å². The lowest BCUT2D eigenvalue weighted by Gasteiger charge is -2.36. The Morgan fingerprint density at radius 2 is 2.31 bits per heavy atom. The van der Waals surface area contributed by atoms with Gasteiger partial charge in [0.25, 0.3) is 0 Å². The van der Waals surface area contributed by atoms with Gasteiger partial charge in [-0.1, -0.05) is 12.1 Å². The normalized spacial score (nSPS) is 21.3. The molecular formula is C20H26N6O3. The van der Waals surface area contributed by atoms with Crippen molar-refractivity contribution >= 4 is 11.7 Å². The third-order valence-corrected chi connectivity index (χ3v) is 4.91. The first kappa shape index (κ1) is 20.7. The summed E-state index contributed by atoms with van der Waals surface area (Å²) in [6.45, 7) is 4.69. The zero-order chi connectivity index (χ0) is 20.6. The Morgan fingerprint density at radius 3 is 3.03 bits per heavy atom. The summed E-state index contributed by atoms with van der Waals surface area (Å²) in [6.07, 6.45) is 4.66. The molecule has 3 rings (SSSR count). The smallest absolute Gasteiger partial charge is 0.223 e. The standard InChI is InChI=1S/C20H26N6O3/c1-3-8-28-17-5-4-15(20(27)23-12-19-24-13(2)29-26-19)10-16(17)25-18-9-14(11-21)6-7-22-18/h6-7,9,15-17H,3-5,8,10,12H2,1-2H3,(H,22,25)(H,23,27)/t15-,16+,17+/m0/s1. The fourth-order valence-electron chi connectivity index (χ4n) is 3.49. The monoisotopic (exact) mass is 398 g/mol. The highest BCUT2D eigenvalue weighted by Gasteiger charge is 2.34. The largest absolute Gasteiger partial charge is 0.376 e. The quantitative estimate of drug-likeness (QED) is 0.694. The van der Waals surface area contributed by atoms with E-state index in [-0.39, 0.29) is 30.5 Å². The Kier molecular flexibility index (Phi) is 7.14. The first-order valence-electron chi connectivity index (χ1n) is 9.90. The number of pyridine rings is 1. The second kappa shape index (κ2) is 9.98. The summed E-state index contributed by atoms with van der Waals surface area (Å²) in [5.74, 6) is 1.36. The van der Waals surface area contributed by atoms with Gasteiger partial charge in [-0.2, -0.15) is 10.2 Å². The summed E-state index contributed by atoms with van der Waals surface area (Å²) < 4.78 is 10.9. The predicted molar refractivity (Wildman–Crippen MR) is 105 cm³/mol. The molecule has 1 fully saturated rings. The number of anilines is 1. The van der Waals surface area contributed by atoms with Crippen LogP contribution < -0.4 is 10.6 Å². The number of aryl methyl sites for hydroxylation is 1. The number of nitrogens with zero attached hydrogens (tertiary/aromatic N) is 4. The molecule has 0 aromatic carbocycles. The fraction of sp³-hybridized carbons (Fsp3) is 0.550. The minimum Gasteiger partial charge on any atom is -0.376 e. The van der Waals surface area contributed by atoms with Crippen LogP contribution >= 0.6 is 0 Å². The lowest BCUT2D eigenvalue weighted by molar-refractivity contribution is -0.127. The zero-order valence-electron chi connectivity index (χ0n) is 16.7. The van der Waals surface area contributed by atoms with Crippen LogP contribution in [0.3, 0.4) is 0 Å². The van der Waals surface area contributed by atoms with Crippen LogP contribution in [-0.4, -0.2) is 39.8 Å². The van der Waals surface area contributed by atoms with Crippen LogP contribution in [0.15, 0.2) is 22.9 Å². The summed E-state index contributed by atoms with van der Waals surface area (Å²) >= 11 is 0. The molecule has 3 atom stereocenters. The minimum atomic E-state index is -0.152. The van der Waals surface area contributed by atoms with Crippen LogP contribution in [0.5, 0.6) is 0 Å². The third kappa shape index (κ3) is 5.74. The van der Waals surface area contributed by atoms with Crippen molar-refractivity contribution in [3.8, 4) is 6.07 Å². The molecule has 2 aromatic heterocycles. The van der Waals surface area contributed by atoms with Crippen LogP contribution in [0.4, 0.5) is 5.82 Å². The van der Waals surface area contributed by atoms with E-state index in [0.29, 0.717) is 36.1 Å². The van der Waals surface area contributed by atoms with Crippen molar-refractivity contribution in [1.29, 1.82) is 5.26 Å². The molecule has 0 aliphatic heterocycles. The van der Waals surface area contributed by atoms with Gasteiger partial charge in [-0.15, -0.1) is 0 Å². The molecule has 154 valence electrons. The van der Waals surface area contributed by atoms with Crippen LogP contribution in [0, 0.1) is 24.2 Å². The van der Waals surface area contributed by atoms with Crippen LogP contribution in [0.25, 0.3) is 0 Å². The Hall–Kier alpha value is -2.99. The number of hydrogen-bond acceptors (Lipinski definition) is 8. The molecule has 1 aliphatic carbocycles. The minimum absolute atomic E-state index is 0.00796. The molecule has 2 N–H and O–H groups in total. The number of aromatic nitrogens is 3. The number of rotatable bonds is 8. The molecule has 1 saturated carbocycles. The van der Waals surface area contributed by atoms with Gasteiger partial charge in [0.05, 0.1) is 30.3 Å². The fourth-order valence-corrected chi connectivity index (χ4v) is 3.49. The first-order chi connectivity index (χ1) is 14.1. The number of nitriles is 1. The van der Waals surface area contributed by atoms with Gasteiger partial charge in [-0.05, 0) is 37.8 Å². The van der Waals surface area contributed by atoms with Crippen LogP contribution in [-0.2, 0) is 16.1 Å². The molecule has 0 saturated heterocycles. The highest BCUT2D eigenvalue weighted by Crippen LogP contribution is 2.29. The number of hydrogen-bond donors (Lipinski definition) is 2. The Bertz CT molecular complexity index is 862. The SMILES string of the molecule is CCCO[C@@H]1CC[C@H](C(=O)NCc2noc(C)n2)C[C@H]1Nc1cc(C#N)ccn1. The van der Waals surface area contributed by atoms with Gasteiger partial charge in [0, 0.05) is 25.6 Å². The second-order valence-corrected chi connectivity index (χ2v) is 7.16. The van der Waals surface area contributed by atoms with Gasteiger partial charge in [0.1, 0.15) is 5.82 Å². The molecule has 0 unspecified atom stereocenters. The number of nitrogens with one attached hydrogen (secondary N) is 2. The molecule has 0 radical (unpaired) electrons. The van der Waals surface area contributed by atoms with Crippen molar-refractivity contribution in [2.75, 3.05) is 11.9 Å². The Labute approximate surface area is 169 Å². The molecule has 29 heavy (non-hydrogen) atoms. The maximum atomic E-state index is 12.7. The lowest BCUT2D eigenvalue weighted by atomic mass is 9.83. The number of ether oxygens (including phenoxy) is 1. The maximum Gasteiger partial charge on any atom is 0.223 e. The van der Waals surface area contributed by atoms with Crippen LogP contribution in [0.1, 0.15) is 49.9 Å². The average Bonchev–Trinajstić information content (AvgIpc) is 3.16. The van der Waals surface area contributed by atoms with E-state index in [9.17, 15) is 4.79 Å². The van der Waals surface area contributed by atoms with E-state index in [2.05, 4.69) is 38.8 Å².